The molecule has 124 valence electrons. The summed E-state index contributed by atoms with van der Waals surface area (Å²) in [4.78, 5) is 13.8. The second-order valence-electron chi connectivity index (χ2n) is 6.97. The van der Waals surface area contributed by atoms with E-state index in [9.17, 15) is 4.79 Å². The summed E-state index contributed by atoms with van der Waals surface area (Å²) in [7, 11) is 0. The maximum absolute atomic E-state index is 12.1. The van der Waals surface area contributed by atoms with Crippen molar-refractivity contribution in [3.05, 3.63) is 18.0 Å². The van der Waals surface area contributed by atoms with Crippen LogP contribution in [0.2, 0.25) is 0 Å². The third-order valence-electron chi connectivity index (χ3n) is 3.98. The lowest BCUT2D eigenvalue weighted by atomic mass is 10.1. The van der Waals surface area contributed by atoms with Crippen LogP contribution in [-0.4, -0.2) is 39.5 Å². The monoisotopic (exact) mass is 308 g/mol. The minimum atomic E-state index is -0.443. The molecular formula is C16H28N4O2. The Hall–Kier alpha value is -1.56. The zero-order chi connectivity index (χ0) is 16.3. The minimum Gasteiger partial charge on any atom is -0.444 e. The first kappa shape index (κ1) is 16.8. The van der Waals surface area contributed by atoms with E-state index in [1.54, 1.807) is 4.90 Å². The number of piperidine rings is 1. The van der Waals surface area contributed by atoms with Crippen LogP contribution in [-0.2, 0) is 4.74 Å². The molecule has 6 heteroatoms. The maximum atomic E-state index is 12.1. The van der Waals surface area contributed by atoms with Crippen molar-refractivity contribution in [3.8, 4) is 0 Å². The van der Waals surface area contributed by atoms with Gasteiger partial charge in [0.15, 0.2) is 0 Å². The first-order valence-corrected chi connectivity index (χ1v) is 8.07. The molecule has 1 aliphatic heterocycles. The zero-order valence-corrected chi connectivity index (χ0v) is 14.1. The molecule has 0 aromatic carbocycles. The Morgan fingerprint density at radius 1 is 1.45 bits per heavy atom. The van der Waals surface area contributed by atoms with E-state index < -0.39 is 5.60 Å². The van der Waals surface area contributed by atoms with E-state index in [-0.39, 0.29) is 12.1 Å². The molecule has 1 amide bonds. The van der Waals surface area contributed by atoms with Crippen LogP contribution >= 0.6 is 0 Å². The lowest BCUT2D eigenvalue weighted by Crippen LogP contribution is -2.42. The van der Waals surface area contributed by atoms with Crippen LogP contribution in [0.25, 0.3) is 0 Å². The average Bonchev–Trinajstić information content (AvgIpc) is 2.94. The van der Waals surface area contributed by atoms with Crippen LogP contribution in [0.3, 0.4) is 0 Å². The minimum absolute atomic E-state index is 0.0515. The first-order valence-electron chi connectivity index (χ1n) is 8.07. The number of rotatable bonds is 3. The maximum Gasteiger partial charge on any atom is 0.410 e. The summed E-state index contributed by atoms with van der Waals surface area (Å²) in [5, 5.41) is 4.44. The molecule has 2 N–H and O–H groups in total. The Morgan fingerprint density at radius 2 is 2.09 bits per heavy atom. The standard InChI is InChI=1S/C16H28N4O2/c1-5-14(17)12-10-18-20(11-12)13-6-8-19(9-7-13)15(21)22-16(2,3)4/h10-11,13-14H,5-9,17H2,1-4H3. The van der Waals surface area contributed by atoms with Crippen molar-refractivity contribution in [3.63, 3.8) is 0 Å². The lowest BCUT2D eigenvalue weighted by molar-refractivity contribution is 0.0185. The van der Waals surface area contributed by atoms with Crippen LogP contribution < -0.4 is 5.73 Å². The molecule has 1 aromatic heterocycles. The molecule has 22 heavy (non-hydrogen) atoms. The normalized spacial score (nSPS) is 18.3. The summed E-state index contributed by atoms with van der Waals surface area (Å²) < 4.78 is 7.41. The van der Waals surface area contributed by atoms with Crippen LogP contribution in [0.5, 0.6) is 0 Å². The quantitative estimate of drug-likeness (QED) is 0.932. The predicted octanol–water partition coefficient (Wildman–Crippen LogP) is 2.86. The van der Waals surface area contributed by atoms with Gasteiger partial charge in [0.05, 0.1) is 12.2 Å². The molecule has 2 heterocycles. The van der Waals surface area contributed by atoms with Gasteiger partial charge in [0, 0.05) is 30.9 Å². The second-order valence-corrected chi connectivity index (χ2v) is 6.97. The zero-order valence-electron chi connectivity index (χ0n) is 14.1. The number of ether oxygens (including phenoxy) is 1. The van der Waals surface area contributed by atoms with Gasteiger partial charge in [-0.15, -0.1) is 0 Å². The highest BCUT2D eigenvalue weighted by Gasteiger charge is 2.27. The van der Waals surface area contributed by atoms with E-state index >= 15 is 0 Å². The van der Waals surface area contributed by atoms with Crippen molar-refractivity contribution >= 4 is 6.09 Å². The number of aromatic nitrogens is 2. The fraction of sp³-hybridized carbons (Fsp3) is 0.750. The fourth-order valence-electron chi connectivity index (χ4n) is 2.62. The number of amides is 1. The highest BCUT2D eigenvalue weighted by atomic mass is 16.6. The van der Waals surface area contributed by atoms with Crippen molar-refractivity contribution in [1.82, 2.24) is 14.7 Å². The Labute approximate surface area is 132 Å². The van der Waals surface area contributed by atoms with Gasteiger partial charge in [0.1, 0.15) is 5.60 Å². The van der Waals surface area contributed by atoms with E-state index in [1.807, 2.05) is 37.8 Å². The number of carbonyl (C=O) groups is 1. The van der Waals surface area contributed by atoms with E-state index in [2.05, 4.69) is 12.0 Å². The molecule has 0 spiro atoms. The topological polar surface area (TPSA) is 73.4 Å². The number of carbonyl (C=O) groups excluding carboxylic acids is 1. The molecule has 0 aliphatic carbocycles. The number of nitrogens with zero attached hydrogens (tertiary/aromatic N) is 3. The molecule has 1 unspecified atom stereocenters. The van der Waals surface area contributed by atoms with Gasteiger partial charge in [0.25, 0.3) is 0 Å². The molecule has 1 atom stereocenters. The van der Waals surface area contributed by atoms with Gasteiger partial charge in [-0.1, -0.05) is 6.92 Å². The van der Waals surface area contributed by atoms with Crippen LogP contribution in [0.1, 0.15) is 64.6 Å². The van der Waals surface area contributed by atoms with Gasteiger partial charge in [0.2, 0.25) is 0 Å². The molecule has 1 aromatic rings. The van der Waals surface area contributed by atoms with Crippen LogP contribution in [0.15, 0.2) is 12.4 Å². The van der Waals surface area contributed by atoms with Gasteiger partial charge in [-0.05, 0) is 40.0 Å². The third kappa shape index (κ3) is 4.22. The number of nitrogens with two attached hydrogens (primary N) is 1. The van der Waals surface area contributed by atoms with Gasteiger partial charge in [-0.3, -0.25) is 4.68 Å². The van der Waals surface area contributed by atoms with Crippen molar-refractivity contribution in [2.24, 2.45) is 5.73 Å². The summed E-state index contributed by atoms with van der Waals surface area (Å²) in [6.45, 7) is 9.14. The molecule has 1 fully saturated rings. The molecule has 0 bridgehead atoms. The van der Waals surface area contributed by atoms with Crippen molar-refractivity contribution in [2.45, 2.75) is 64.6 Å². The van der Waals surface area contributed by atoms with E-state index in [0.29, 0.717) is 19.1 Å². The number of hydrogen-bond donors (Lipinski definition) is 1. The Kier molecular flexibility index (Phi) is 5.11. The van der Waals surface area contributed by atoms with Crippen LogP contribution in [0, 0.1) is 0 Å². The lowest BCUT2D eigenvalue weighted by Gasteiger charge is -2.33. The molecule has 0 saturated carbocycles. The van der Waals surface area contributed by atoms with Crippen molar-refractivity contribution in [2.75, 3.05) is 13.1 Å². The summed E-state index contributed by atoms with van der Waals surface area (Å²) in [6, 6.07) is 0.382. The molecule has 2 rings (SSSR count). The summed E-state index contributed by atoms with van der Waals surface area (Å²) >= 11 is 0. The smallest absolute Gasteiger partial charge is 0.410 e. The van der Waals surface area contributed by atoms with Crippen molar-refractivity contribution < 1.29 is 9.53 Å². The first-order chi connectivity index (χ1) is 10.3. The van der Waals surface area contributed by atoms with Crippen LogP contribution in [0.4, 0.5) is 4.79 Å². The fourth-order valence-corrected chi connectivity index (χ4v) is 2.62. The molecule has 1 aliphatic rings. The summed E-state index contributed by atoms with van der Waals surface area (Å²) in [6.07, 6.45) is 6.36. The van der Waals surface area contributed by atoms with Gasteiger partial charge < -0.3 is 15.4 Å². The number of hydrogen-bond acceptors (Lipinski definition) is 4. The number of likely N-dealkylation sites (tertiary alicyclic amines) is 1. The van der Waals surface area contributed by atoms with E-state index in [4.69, 9.17) is 10.5 Å². The summed E-state index contributed by atoms with van der Waals surface area (Å²) in [5.41, 5.74) is 6.67. The van der Waals surface area contributed by atoms with Gasteiger partial charge >= 0.3 is 6.09 Å². The predicted molar refractivity (Wildman–Crippen MR) is 85.5 cm³/mol. The molecule has 1 saturated heterocycles. The Balaban J connectivity index is 1.89. The van der Waals surface area contributed by atoms with Gasteiger partial charge in [-0.25, -0.2) is 4.79 Å². The molecule has 6 nitrogen and oxygen atoms in total. The largest absolute Gasteiger partial charge is 0.444 e. The SMILES string of the molecule is CCC(N)c1cnn(C2CCN(C(=O)OC(C)(C)C)CC2)c1. The Bertz CT molecular complexity index is 498. The highest BCUT2D eigenvalue weighted by Crippen LogP contribution is 2.24. The van der Waals surface area contributed by atoms with Gasteiger partial charge in [-0.2, -0.15) is 5.10 Å². The average molecular weight is 308 g/mol. The third-order valence-corrected chi connectivity index (χ3v) is 3.98. The van der Waals surface area contributed by atoms with Crippen molar-refractivity contribution in [1.29, 1.82) is 0 Å². The summed E-state index contributed by atoms with van der Waals surface area (Å²) in [5.74, 6) is 0. The molecule has 0 radical (unpaired) electrons. The Morgan fingerprint density at radius 3 is 2.64 bits per heavy atom. The second kappa shape index (κ2) is 6.69. The van der Waals surface area contributed by atoms with E-state index in [1.165, 1.54) is 0 Å². The van der Waals surface area contributed by atoms with E-state index in [0.717, 1.165) is 24.8 Å². The molecular weight excluding hydrogens is 280 g/mol. The highest BCUT2D eigenvalue weighted by molar-refractivity contribution is 5.68.